The van der Waals surface area contributed by atoms with E-state index in [1.807, 2.05) is 0 Å². The van der Waals surface area contributed by atoms with E-state index in [1.54, 1.807) is 0 Å². The molecule has 0 heterocycles. The van der Waals surface area contributed by atoms with Gasteiger partial charge >= 0.3 is 0 Å². The van der Waals surface area contributed by atoms with Gasteiger partial charge in [-0.3, -0.25) is 5.16 Å². The van der Waals surface area contributed by atoms with E-state index in [-0.39, 0.29) is 0 Å². The van der Waals surface area contributed by atoms with Gasteiger partial charge in [-0.1, -0.05) is 38.5 Å². The van der Waals surface area contributed by atoms with Crippen LogP contribution in [0.4, 0.5) is 0 Å². The Morgan fingerprint density at radius 2 is 0.552 bits per heavy atom. The molecule has 0 saturated heterocycles. The van der Waals surface area contributed by atoms with Crippen LogP contribution in [0.25, 0.3) is 0 Å². The van der Waals surface area contributed by atoms with Crippen LogP contribution in [0.15, 0.2) is 0 Å². The largest absolute Gasteiger partial charge is 0.277 e. The van der Waals surface area contributed by atoms with Crippen LogP contribution in [-0.4, -0.2) is 50.3 Å². The fraction of sp³-hybridized carbons (Fsp3) is 1.00. The molecule has 4 nitrogen and oxygen atoms in total. The molecule has 6 rings (SSSR count). The highest BCUT2D eigenvalue weighted by Gasteiger charge is 2.56. The molecule has 6 aliphatic carbocycles. The molecule has 0 radical (unpaired) electrons. The van der Waals surface area contributed by atoms with Crippen molar-refractivity contribution in [3.05, 3.63) is 0 Å². The molecule has 6 aliphatic rings. The Morgan fingerprint density at radius 3 is 0.655 bits per heavy atom. The standard InChI is InChI=1S/C24H43N4P/c25-29(26(19-7-1-8-19)20-9-2-10-20,27(21-11-3-12-21)22-13-4-14-22)28(23-15-5-16-23)24-17-6-18-24/h19-25H,1-18H2. The van der Waals surface area contributed by atoms with E-state index in [9.17, 15) is 5.16 Å². The Balaban J connectivity index is 1.43. The maximum atomic E-state index is 10.7. The smallest absolute Gasteiger partial charge is 0.166 e. The summed E-state index contributed by atoms with van der Waals surface area (Å²) in [5, 5.41) is 10.7. The molecule has 0 unspecified atom stereocenters. The molecule has 0 aliphatic heterocycles. The summed E-state index contributed by atoms with van der Waals surface area (Å²) in [6.45, 7) is 0. The van der Waals surface area contributed by atoms with Crippen molar-refractivity contribution in [2.75, 3.05) is 0 Å². The molecule has 0 aromatic carbocycles. The first kappa shape index (κ1) is 19.8. The molecule has 0 aromatic heterocycles. The lowest BCUT2D eigenvalue weighted by Gasteiger charge is -2.65. The van der Waals surface area contributed by atoms with Crippen molar-refractivity contribution in [3.8, 4) is 0 Å². The maximum absolute atomic E-state index is 10.7. The van der Waals surface area contributed by atoms with E-state index in [2.05, 4.69) is 14.0 Å². The Labute approximate surface area is 178 Å². The van der Waals surface area contributed by atoms with Gasteiger partial charge in [0, 0.05) is 36.3 Å². The summed E-state index contributed by atoms with van der Waals surface area (Å²) in [7, 11) is -2.18. The SMILES string of the molecule is N=P(N(C1CCC1)C1CCC1)(N(C1CCC1)C1CCC1)N(C1CCC1)C1CCC1. The summed E-state index contributed by atoms with van der Waals surface area (Å²) < 4.78 is 8.90. The molecule has 164 valence electrons. The molecule has 5 heteroatoms. The third-order valence-corrected chi connectivity index (χ3v) is 13.6. The average molecular weight is 419 g/mol. The highest BCUT2D eigenvalue weighted by atomic mass is 31.2. The number of hydrogen-bond donors (Lipinski definition) is 1. The van der Waals surface area contributed by atoms with E-state index in [1.165, 1.54) is 116 Å². The zero-order valence-electron chi connectivity index (χ0n) is 18.5. The van der Waals surface area contributed by atoms with Crippen molar-refractivity contribution in [2.24, 2.45) is 0 Å². The van der Waals surface area contributed by atoms with Gasteiger partial charge in [0.2, 0.25) is 0 Å². The van der Waals surface area contributed by atoms with Gasteiger partial charge in [-0.05, 0) is 77.0 Å². The third kappa shape index (κ3) is 3.14. The molecular weight excluding hydrogens is 375 g/mol. The van der Waals surface area contributed by atoms with Crippen LogP contribution in [0.2, 0.25) is 0 Å². The van der Waals surface area contributed by atoms with Gasteiger partial charge in [-0.25, -0.2) is 14.0 Å². The van der Waals surface area contributed by atoms with Crippen LogP contribution in [0, 0.1) is 5.16 Å². The fourth-order valence-electron chi connectivity index (χ4n) is 6.53. The van der Waals surface area contributed by atoms with Gasteiger partial charge in [0.15, 0.2) is 7.51 Å². The lowest BCUT2D eigenvalue weighted by atomic mass is 9.87. The molecule has 0 atom stereocenters. The molecule has 0 spiro atoms. The van der Waals surface area contributed by atoms with E-state index >= 15 is 0 Å². The number of nitrogens with zero attached hydrogens (tertiary/aromatic N) is 3. The van der Waals surface area contributed by atoms with Crippen LogP contribution in [0.5, 0.6) is 0 Å². The van der Waals surface area contributed by atoms with Crippen molar-refractivity contribution >= 4 is 7.51 Å². The van der Waals surface area contributed by atoms with E-state index in [0.29, 0.717) is 0 Å². The molecule has 0 aromatic rings. The molecule has 6 saturated carbocycles. The molecule has 0 amide bonds. The lowest BCUT2D eigenvalue weighted by Crippen LogP contribution is -2.62. The van der Waals surface area contributed by atoms with Crippen LogP contribution in [-0.2, 0) is 0 Å². The second kappa shape index (κ2) is 7.91. The Hall–Kier alpha value is 0.110. The van der Waals surface area contributed by atoms with Gasteiger partial charge < -0.3 is 0 Å². The summed E-state index contributed by atoms with van der Waals surface area (Å²) in [6.07, 6.45) is 25.0. The summed E-state index contributed by atoms with van der Waals surface area (Å²) in [4.78, 5) is 0. The van der Waals surface area contributed by atoms with Gasteiger partial charge in [0.25, 0.3) is 0 Å². The second-order valence-electron chi connectivity index (χ2n) is 11.2. The number of rotatable bonds is 9. The van der Waals surface area contributed by atoms with Gasteiger partial charge in [0.1, 0.15) is 0 Å². The first-order valence-electron chi connectivity index (χ1n) is 13.3. The highest BCUT2D eigenvalue weighted by Crippen LogP contribution is 2.70. The minimum Gasteiger partial charge on any atom is -0.277 e. The van der Waals surface area contributed by atoms with E-state index in [4.69, 9.17) is 0 Å². The number of nitrogens with one attached hydrogen (secondary N) is 1. The summed E-state index contributed by atoms with van der Waals surface area (Å²) >= 11 is 0. The van der Waals surface area contributed by atoms with Crippen LogP contribution >= 0.6 is 7.51 Å². The van der Waals surface area contributed by atoms with Crippen molar-refractivity contribution in [1.29, 1.82) is 5.16 Å². The van der Waals surface area contributed by atoms with E-state index < -0.39 is 7.51 Å². The first-order valence-corrected chi connectivity index (χ1v) is 14.9. The Bertz CT molecular complexity index is 501. The van der Waals surface area contributed by atoms with Gasteiger partial charge in [-0.2, -0.15) is 0 Å². The zero-order chi connectivity index (χ0) is 19.4. The third-order valence-electron chi connectivity index (χ3n) is 9.66. The zero-order valence-corrected chi connectivity index (χ0v) is 19.4. The molecular formula is C24H43N4P. The predicted molar refractivity (Wildman–Crippen MR) is 121 cm³/mol. The minimum absolute atomic E-state index is 0.733. The summed E-state index contributed by atoms with van der Waals surface area (Å²) in [6, 6.07) is 4.40. The normalized spacial score (nSPS) is 30.6. The maximum Gasteiger partial charge on any atom is 0.166 e. The topological polar surface area (TPSA) is 33.6 Å². The summed E-state index contributed by atoms with van der Waals surface area (Å²) in [5.41, 5.74) is 0. The van der Waals surface area contributed by atoms with Crippen molar-refractivity contribution in [1.82, 2.24) is 14.0 Å². The van der Waals surface area contributed by atoms with Gasteiger partial charge in [-0.15, -0.1) is 0 Å². The van der Waals surface area contributed by atoms with E-state index in [0.717, 1.165) is 36.3 Å². The molecule has 6 fully saturated rings. The van der Waals surface area contributed by atoms with Gasteiger partial charge in [0.05, 0.1) is 0 Å². The van der Waals surface area contributed by atoms with Crippen LogP contribution < -0.4 is 0 Å². The van der Waals surface area contributed by atoms with Crippen molar-refractivity contribution in [3.63, 3.8) is 0 Å². The summed E-state index contributed by atoms with van der Waals surface area (Å²) in [5.74, 6) is 0. The highest BCUT2D eigenvalue weighted by molar-refractivity contribution is 7.58. The lowest BCUT2D eigenvalue weighted by molar-refractivity contribution is 0.0389. The fourth-order valence-corrected chi connectivity index (χ4v) is 11.4. The predicted octanol–water partition coefficient (Wildman–Crippen LogP) is 6.73. The average Bonchev–Trinajstić information content (AvgIpc) is 2.41. The monoisotopic (exact) mass is 418 g/mol. The van der Waals surface area contributed by atoms with Crippen molar-refractivity contribution in [2.45, 2.75) is 152 Å². The second-order valence-corrected chi connectivity index (χ2v) is 13.7. The molecule has 1 N–H and O–H groups in total. The first-order chi connectivity index (χ1) is 14.3. The Kier molecular flexibility index (Phi) is 5.39. The van der Waals surface area contributed by atoms with Crippen LogP contribution in [0.1, 0.15) is 116 Å². The van der Waals surface area contributed by atoms with Crippen molar-refractivity contribution < 1.29 is 0 Å². The molecule has 0 bridgehead atoms. The minimum atomic E-state index is -2.18. The molecule has 29 heavy (non-hydrogen) atoms. The quantitative estimate of drug-likeness (QED) is 0.421. The van der Waals surface area contributed by atoms with Crippen LogP contribution in [0.3, 0.4) is 0 Å². The number of hydrogen-bond acceptors (Lipinski definition) is 1. The Morgan fingerprint density at radius 1 is 0.379 bits per heavy atom.